The van der Waals surface area contributed by atoms with Crippen LogP contribution in [-0.4, -0.2) is 38.6 Å². The van der Waals surface area contributed by atoms with Gasteiger partial charge in [-0.25, -0.2) is 4.79 Å². The van der Waals surface area contributed by atoms with E-state index in [0.29, 0.717) is 0 Å². The van der Waals surface area contributed by atoms with Crippen molar-refractivity contribution in [3.05, 3.63) is 22.7 Å². The first-order valence-electron chi connectivity index (χ1n) is 5.64. The van der Waals surface area contributed by atoms with Gasteiger partial charge in [-0.3, -0.25) is 4.57 Å². The molecule has 1 aromatic heterocycles. The molecule has 102 valence electrons. The molecule has 0 aromatic carbocycles. The molecule has 1 aliphatic heterocycles. The molecule has 1 aromatic rings. The summed E-state index contributed by atoms with van der Waals surface area (Å²) in [6.45, 7) is 1.01. The SMILES string of the molecule is C[C@@]1(C#N)[C@H](O)[C@@H](CO)O[C@H]1n1ccc(N)nc1=O. The minimum absolute atomic E-state index is 0.0529. The summed E-state index contributed by atoms with van der Waals surface area (Å²) in [4.78, 5) is 15.3. The molecule has 8 nitrogen and oxygen atoms in total. The van der Waals surface area contributed by atoms with Gasteiger partial charge in [0.1, 0.15) is 23.4 Å². The van der Waals surface area contributed by atoms with Crippen molar-refractivity contribution in [2.45, 2.75) is 25.4 Å². The molecular weight excluding hydrogens is 252 g/mol. The van der Waals surface area contributed by atoms with Crippen molar-refractivity contribution in [2.24, 2.45) is 5.41 Å². The van der Waals surface area contributed by atoms with Gasteiger partial charge in [-0.2, -0.15) is 10.2 Å². The molecule has 2 heterocycles. The minimum Gasteiger partial charge on any atom is -0.394 e. The maximum atomic E-state index is 11.8. The summed E-state index contributed by atoms with van der Waals surface area (Å²) in [7, 11) is 0. The zero-order chi connectivity index (χ0) is 14.2. The maximum absolute atomic E-state index is 11.8. The monoisotopic (exact) mass is 266 g/mol. The molecule has 4 N–H and O–H groups in total. The fraction of sp³-hybridized carbons (Fsp3) is 0.545. The molecular formula is C11H14N4O4. The second-order valence-corrected chi connectivity index (χ2v) is 4.59. The Hall–Kier alpha value is -1.95. The van der Waals surface area contributed by atoms with E-state index in [1.807, 2.05) is 6.07 Å². The molecule has 1 saturated heterocycles. The minimum atomic E-state index is -1.37. The van der Waals surface area contributed by atoms with Crippen molar-refractivity contribution < 1.29 is 14.9 Å². The van der Waals surface area contributed by atoms with Gasteiger partial charge in [-0.1, -0.05) is 0 Å². The molecule has 8 heteroatoms. The average Bonchev–Trinajstić information content (AvgIpc) is 2.63. The lowest BCUT2D eigenvalue weighted by Gasteiger charge is -2.25. The van der Waals surface area contributed by atoms with Crippen molar-refractivity contribution in [2.75, 3.05) is 12.3 Å². The van der Waals surface area contributed by atoms with Gasteiger partial charge in [0.15, 0.2) is 6.23 Å². The summed E-state index contributed by atoms with van der Waals surface area (Å²) in [5, 5.41) is 28.4. The van der Waals surface area contributed by atoms with Crippen LogP contribution in [0.3, 0.4) is 0 Å². The smallest absolute Gasteiger partial charge is 0.351 e. The Kier molecular flexibility index (Phi) is 3.28. The number of nitriles is 1. The van der Waals surface area contributed by atoms with Crippen LogP contribution in [0.25, 0.3) is 0 Å². The van der Waals surface area contributed by atoms with Gasteiger partial charge < -0.3 is 20.7 Å². The number of aliphatic hydroxyl groups is 2. The van der Waals surface area contributed by atoms with E-state index in [-0.39, 0.29) is 5.82 Å². The van der Waals surface area contributed by atoms with E-state index in [2.05, 4.69) is 4.98 Å². The summed E-state index contributed by atoms with van der Waals surface area (Å²) >= 11 is 0. The largest absolute Gasteiger partial charge is 0.394 e. The molecule has 2 rings (SSSR count). The molecule has 0 aliphatic carbocycles. The fourth-order valence-electron chi connectivity index (χ4n) is 2.14. The Morgan fingerprint density at radius 2 is 2.42 bits per heavy atom. The van der Waals surface area contributed by atoms with Crippen LogP contribution in [0.1, 0.15) is 13.2 Å². The third-order valence-corrected chi connectivity index (χ3v) is 3.31. The molecule has 4 atom stereocenters. The number of rotatable bonds is 2. The zero-order valence-corrected chi connectivity index (χ0v) is 10.2. The molecule has 19 heavy (non-hydrogen) atoms. The van der Waals surface area contributed by atoms with E-state index in [4.69, 9.17) is 15.6 Å². The van der Waals surface area contributed by atoms with Gasteiger partial charge in [-0.15, -0.1) is 0 Å². The third kappa shape index (κ3) is 1.98. The standard InChI is InChI=1S/C11H14N4O4/c1-11(5-12)8(17)6(4-16)19-9(11)15-3-2-7(13)14-10(15)18/h2-3,6,8-9,16-17H,4H2,1H3,(H2,13,14,18)/t6-,8-,9-,11-/m1/s1. The lowest BCUT2D eigenvalue weighted by atomic mass is 9.84. The lowest BCUT2D eigenvalue weighted by Crippen LogP contribution is -2.39. The number of hydrogen-bond donors (Lipinski definition) is 3. The van der Waals surface area contributed by atoms with Gasteiger partial charge >= 0.3 is 5.69 Å². The summed E-state index contributed by atoms with van der Waals surface area (Å²) in [5.74, 6) is 0.0529. The molecule has 1 aliphatic rings. The van der Waals surface area contributed by atoms with Crippen molar-refractivity contribution in [1.82, 2.24) is 9.55 Å². The number of nitrogens with zero attached hydrogens (tertiary/aromatic N) is 3. The lowest BCUT2D eigenvalue weighted by molar-refractivity contribution is -0.0503. The van der Waals surface area contributed by atoms with Crippen molar-refractivity contribution in [3.63, 3.8) is 0 Å². The van der Waals surface area contributed by atoms with E-state index in [9.17, 15) is 15.2 Å². The van der Waals surface area contributed by atoms with Gasteiger partial charge in [0.25, 0.3) is 0 Å². The first kappa shape index (κ1) is 13.5. The van der Waals surface area contributed by atoms with Crippen LogP contribution in [0, 0.1) is 16.7 Å². The predicted octanol–water partition coefficient (Wildman–Crippen LogP) is -1.39. The molecule has 1 fully saturated rings. The van der Waals surface area contributed by atoms with Gasteiger partial charge in [0.2, 0.25) is 0 Å². The normalized spacial score (nSPS) is 34.1. The van der Waals surface area contributed by atoms with E-state index in [0.717, 1.165) is 4.57 Å². The highest BCUT2D eigenvalue weighted by Gasteiger charge is 2.54. The Morgan fingerprint density at radius 3 is 2.95 bits per heavy atom. The number of nitrogen functional groups attached to an aromatic ring is 1. The Morgan fingerprint density at radius 1 is 1.74 bits per heavy atom. The van der Waals surface area contributed by atoms with Gasteiger partial charge in [0, 0.05) is 6.20 Å². The van der Waals surface area contributed by atoms with Crippen molar-refractivity contribution >= 4 is 5.82 Å². The van der Waals surface area contributed by atoms with Crippen molar-refractivity contribution in [3.8, 4) is 6.07 Å². The molecule has 0 bridgehead atoms. The topological polar surface area (TPSA) is 134 Å². The van der Waals surface area contributed by atoms with Gasteiger partial charge in [-0.05, 0) is 13.0 Å². The Balaban J connectivity index is 2.49. The van der Waals surface area contributed by atoms with E-state index >= 15 is 0 Å². The number of aliphatic hydroxyl groups excluding tert-OH is 2. The second-order valence-electron chi connectivity index (χ2n) is 4.59. The molecule has 0 amide bonds. The highest BCUT2D eigenvalue weighted by molar-refractivity contribution is 5.24. The van der Waals surface area contributed by atoms with E-state index in [1.165, 1.54) is 19.2 Å². The first-order valence-corrected chi connectivity index (χ1v) is 5.64. The van der Waals surface area contributed by atoms with Crippen LogP contribution >= 0.6 is 0 Å². The summed E-state index contributed by atoms with van der Waals surface area (Å²) in [6, 6.07) is 3.33. The average molecular weight is 266 g/mol. The van der Waals surface area contributed by atoms with Crippen LogP contribution < -0.4 is 11.4 Å². The number of ether oxygens (including phenoxy) is 1. The maximum Gasteiger partial charge on any atom is 0.351 e. The highest BCUT2D eigenvalue weighted by Crippen LogP contribution is 2.44. The number of anilines is 1. The quantitative estimate of drug-likeness (QED) is 0.599. The Bertz CT molecular complexity index is 581. The molecule has 0 unspecified atom stereocenters. The molecule has 0 radical (unpaired) electrons. The Labute approximate surface area is 108 Å². The number of aromatic nitrogens is 2. The van der Waals surface area contributed by atoms with Crippen LogP contribution in [0.15, 0.2) is 17.1 Å². The van der Waals surface area contributed by atoms with Gasteiger partial charge in [0.05, 0.1) is 12.7 Å². The summed E-state index contributed by atoms with van der Waals surface area (Å²) in [5.41, 5.74) is 3.34. The van der Waals surface area contributed by atoms with Crippen LogP contribution in [-0.2, 0) is 4.74 Å². The summed E-state index contributed by atoms with van der Waals surface area (Å²) < 4.78 is 6.48. The molecule has 0 saturated carbocycles. The fourth-order valence-corrected chi connectivity index (χ4v) is 2.14. The second kappa shape index (κ2) is 4.62. The first-order chi connectivity index (χ1) is 8.93. The number of nitrogens with two attached hydrogens (primary N) is 1. The summed E-state index contributed by atoms with van der Waals surface area (Å²) in [6.07, 6.45) is -1.83. The van der Waals surface area contributed by atoms with Crippen LogP contribution in [0.4, 0.5) is 5.82 Å². The van der Waals surface area contributed by atoms with E-state index in [1.54, 1.807) is 0 Å². The number of hydrogen-bond acceptors (Lipinski definition) is 7. The third-order valence-electron chi connectivity index (χ3n) is 3.31. The van der Waals surface area contributed by atoms with E-state index < -0.39 is 36.1 Å². The van der Waals surface area contributed by atoms with Crippen molar-refractivity contribution in [1.29, 1.82) is 5.26 Å². The van der Waals surface area contributed by atoms with Crippen LogP contribution in [0.2, 0.25) is 0 Å². The molecule has 0 spiro atoms. The van der Waals surface area contributed by atoms with Crippen LogP contribution in [0.5, 0.6) is 0 Å². The zero-order valence-electron chi connectivity index (χ0n) is 10.2. The predicted molar refractivity (Wildman–Crippen MR) is 63.6 cm³/mol. The highest BCUT2D eigenvalue weighted by atomic mass is 16.5.